The number of phenols is 1. The monoisotopic (exact) mass is 521 g/mol. The van der Waals surface area contributed by atoms with Crippen molar-refractivity contribution in [1.29, 1.82) is 0 Å². The van der Waals surface area contributed by atoms with E-state index in [0.717, 1.165) is 16.0 Å². The van der Waals surface area contributed by atoms with Crippen molar-refractivity contribution in [1.82, 2.24) is 15.5 Å². The van der Waals surface area contributed by atoms with Crippen molar-refractivity contribution >= 4 is 17.9 Å². The van der Waals surface area contributed by atoms with Crippen LogP contribution in [-0.4, -0.2) is 45.1 Å². The fourth-order valence-corrected chi connectivity index (χ4v) is 3.86. The molecule has 3 N–H and O–H groups in total. The van der Waals surface area contributed by atoms with Crippen LogP contribution < -0.4 is 10.6 Å². The van der Waals surface area contributed by atoms with E-state index in [-0.39, 0.29) is 12.2 Å². The van der Waals surface area contributed by atoms with Gasteiger partial charge in [0.15, 0.2) is 0 Å². The molecule has 204 valence electrons. The Morgan fingerprint density at radius 3 is 2.16 bits per heavy atom. The summed E-state index contributed by atoms with van der Waals surface area (Å²) in [6.45, 7) is 14.4. The minimum absolute atomic E-state index is 0.0525. The number of benzene rings is 2. The van der Waals surface area contributed by atoms with Gasteiger partial charge in [0.1, 0.15) is 23.4 Å². The number of aryl methyl sites for hydroxylation is 1. The van der Waals surface area contributed by atoms with Crippen molar-refractivity contribution in [2.24, 2.45) is 0 Å². The average Bonchev–Trinajstić information content (AvgIpc) is 2.77. The molecule has 2 unspecified atom stereocenters. The molecule has 0 fully saturated rings. The molecule has 0 aliphatic heterocycles. The molecule has 0 aliphatic carbocycles. The predicted molar refractivity (Wildman–Crippen MR) is 147 cm³/mol. The number of alkyl carbamates (subject to hydrolysis) is 1. The number of carbonyl (C=O) groups excluding carboxylic acids is 3. The summed E-state index contributed by atoms with van der Waals surface area (Å²) in [6, 6.07) is 11.8. The highest BCUT2D eigenvalue weighted by Crippen LogP contribution is 2.28. The van der Waals surface area contributed by atoms with Crippen LogP contribution in [0.4, 0.5) is 4.79 Å². The lowest BCUT2D eigenvalue weighted by Gasteiger charge is -2.33. The number of rotatable bonds is 7. The van der Waals surface area contributed by atoms with E-state index in [1.54, 1.807) is 45.0 Å². The molecule has 2 aromatic rings. The maximum Gasteiger partial charge on any atom is 0.408 e. The van der Waals surface area contributed by atoms with E-state index in [2.05, 4.69) is 16.7 Å². The molecule has 2 atom stereocenters. The van der Waals surface area contributed by atoms with E-state index < -0.39 is 41.1 Å². The maximum atomic E-state index is 14.0. The van der Waals surface area contributed by atoms with Gasteiger partial charge in [-0.15, -0.1) is 0 Å². The highest BCUT2D eigenvalue weighted by atomic mass is 16.6. The number of terminal acetylenes is 1. The molecule has 0 aliphatic rings. The number of ether oxygens (including phenoxy) is 1. The molecular formula is C30H39N3O5. The van der Waals surface area contributed by atoms with E-state index in [4.69, 9.17) is 11.2 Å². The van der Waals surface area contributed by atoms with Crippen molar-refractivity contribution in [3.63, 3.8) is 0 Å². The lowest BCUT2D eigenvalue weighted by atomic mass is 9.94. The summed E-state index contributed by atoms with van der Waals surface area (Å²) in [5.74, 6) is -1.03. The van der Waals surface area contributed by atoms with Crippen LogP contribution in [0.3, 0.4) is 0 Å². The fraction of sp³-hybridized carbons (Fsp3) is 0.433. The van der Waals surface area contributed by atoms with Crippen LogP contribution in [-0.2, 0) is 20.7 Å². The number of aromatic hydroxyl groups is 1. The Balaban J connectivity index is 2.57. The third kappa shape index (κ3) is 8.55. The van der Waals surface area contributed by atoms with E-state index in [9.17, 15) is 19.5 Å². The number of hydrogen-bond acceptors (Lipinski definition) is 5. The summed E-state index contributed by atoms with van der Waals surface area (Å²) >= 11 is 0. The third-order valence-corrected chi connectivity index (χ3v) is 5.69. The van der Waals surface area contributed by atoms with Crippen LogP contribution in [0.2, 0.25) is 0 Å². The molecule has 8 heteroatoms. The first-order valence-corrected chi connectivity index (χ1v) is 12.5. The maximum absolute atomic E-state index is 14.0. The normalized spacial score (nSPS) is 13.0. The first-order valence-electron chi connectivity index (χ1n) is 12.5. The zero-order valence-electron chi connectivity index (χ0n) is 23.5. The first kappa shape index (κ1) is 30.2. The van der Waals surface area contributed by atoms with Crippen molar-refractivity contribution < 1.29 is 24.2 Å². The smallest absolute Gasteiger partial charge is 0.408 e. The molecule has 0 saturated heterocycles. The molecule has 2 rings (SSSR count). The van der Waals surface area contributed by atoms with E-state index in [0.29, 0.717) is 11.1 Å². The zero-order chi connectivity index (χ0) is 28.8. The molecular weight excluding hydrogens is 482 g/mol. The Bertz CT molecular complexity index is 1200. The molecule has 2 aromatic carbocycles. The van der Waals surface area contributed by atoms with Gasteiger partial charge < -0.3 is 20.5 Å². The predicted octanol–water partition coefficient (Wildman–Crippen LogP) is 4.52. The van der Waals surface area contributed by atoms with Crippen molar-refractivity contribution in [3.8, 4) is 18.2 Å². The summed E-state index contributed by atoms with van der Waals surface area (Å²) in [5.41, 5.74) is 1.62. The molecule has 0 bridgehead atoms. The number of phenolic OH excluding ortho intramolecular Hbond substituents is 1. The number of amides is 3. The van der Waals surface area contributed by atoms with Crippen LogP contribution in [0.25, 0.3) is 0 Å². The van der Waals surface area contributed by atoms with Gasteiger partial charge in [-0.05, 0) is 89.8 Å². The molecule has 0 radical (unpaired) electrons. The molecule has 0 heterocycles. The van der Waals surface area contributed by atoms with Gasteiger partial charge >= 0.3 is 6.09 Å². The summed E-state index contributed by atoms with van der Waals surface area (Å²) in [4.78, 5) is 41.4. The summed E-state index contributed by atoms with van der Waals surface area (Å²) in [7, 11) is 0. The minimum Gasteiger partial charge on any atom is -0.508 e. The molecule has 0 saturated carbocycles. The standard InChI is InChI=1S/C30H39N3O5/c1-10-33(25(26(35)32-29(4,5)6)23-13-11-12-19(2)20(23)3)27(36)24(31-28(37)38-30(7,8)9)18-21-14-16-22(34)17-15-21/h1,11-17,24-25,34H,18H2,2-9H3,(H,31,37)(H,32,35). The van der Waals surface area contributed by atoms with Crippen LogP contribution in [0, 0.1) is 26.3 Å². The number of hydrogen-bond donors (Lipinski definition) is 3. The Hall–Kier alpha value is -3.99. The summed E-state index contributed by atoms with van der Waals surface area (Å²) in [6.07, 6.45) is 5.14. The van der Waals surface area contributed by atoms with E-state index >= 15 is 0 Å². The van der Waals surface area contributed by atoms with Gasteiger partial charge in [-0.3, -0.25) is 14.5 Å². The summed E-state index contributed by atoms with van der Waals surface area (Å²) in [5, 5.41) is 15.2. The van der Waals surface area contributed by atoms with Gasteiger partial charge in [0.05, 0.1) is 0 Å². The highest BCUT2D eigenvalue weighted by Gasteiger charge is 2.37. The molecule has 38 heavy (non-hydrogen) atoms. The Labute approximate surface area is 225 Å². The zero-order valence-corrected chi connectivity index (χ0v) is 23.5. The Morgan fingerprint density at radius 1 is 1.03 bits per heavy atom. The second kappa shape index (κ2) is 12.0. The quantitative estimate of drug-likeness (QED) is 0.367. The van der Waals surface area contributed by atoms with Gasteiger partial charge in [0, 0.05) is 18.0 Å². The van der Waals surface area contributed by atoms with E-state index in [1.165, 1.54) is 12.1 Å². The molecule has 0 spiro atoms. The van der Waals surface area contributed by atoms with Crippen molar-refractivity contribution in [2.45, 2.75) is 85.0 Å². The van der Waals surface area contributed by atoms with Crippen LogP contribution in [0.15, 0.2) is 42.5 Å². The number of nitrogens with one attached hydrogen (secondary N) is 2. The van der Waals surface area contributed by atoms with Crippen molar-refractivity contribution in [2.75, 3.05) is 0 Å². The topological polar surface area (TPSA) is 108 Å². The largest absolute Gasteiger partial charge is 0.508 e. The van der Waals surface area contributed by atoms with Crippen LogP contribution in [0.1, 0.15) is 69.8 Å². The molecule has 0 aromatic heterocycles. The fourth-order valence-electron chi connectivity index (χ4n) is 3.86. The molecule has 8 nitrogen and oxygen atoms in total. The molecule has 3 amide bonds. The van der Waals surface area contributed by atoms with Crippen molar-refractivity contribution in [3.05, 3.63) is 64.7 Å². The van der Waals surface area contributed by atoms with Crippen LogP contribution >= 0.6 is 0 Å². The van der Waals surface area contributed by atoms with Gasteiger partial charge in [0.2, 0.25) is 5.91 Å². The second-order valence-electron chi connectivity index (χ2n) is 11.3. The van der Waals surface area contributed by atoms with E-state index in [1.807, 2.05) is 40.7 Å². The van der Waals surface area contributed by atoms with Gasteiger partial charge in [-0.25, -0.2) is 4.79 Å². The van der Waals surface area contributed by atoms with Gasteiger partial charge in [-0.1, -0.05) is 36.8 Å². The Kier molecular flexibility index (Phi) is 9.58. The lowest BCUT2D eigenvalue weighted by molar-refractivity contribution is -0.139. The minimum atomic E-state index is -1.15. The number of carbonyl (C=O) groups is 3. The SMILES string of the molecule is C#CN(C(=O)C(Cc1ccc(O)cc1)NC(=O)OC(C)(C)C)C(C(=O)NC(C)(C)C)c1cccc(C)c1C. The highest BCUT2D eigenvalue weighted by molar-refractivity contribution is 5.94. The lowest BCUT2D eigenvalue weighted by Crippen LogP contribution is -2.54. The van der Waals surface area contributed by atoms with Crippen LogP contribution in [0.5, 0.6) is 5.75 Å². The first-order chi connectivity index (χ1) is 17.5. The van der Waals surface area contributed by atoms with Gasteiger partial charge in [0.25, 0.3) is 5.91 Å². The second-order valence-corrected chi connectivity index (χ2v) is 11.3. The van der Waals surface area contributed by atoms with Gasteiger partial charge in [-0.2, -0.15) is 0 Å². The number of nitrogens with zero attached hydrogens (tertiary/aromatic N) is 1. The average molecular weight is 522 g/mol. The Morgan fingerprint density at radius 2 is 1.63 bits per heavy atom. The summed E-state index contributed by atoms with van der Waals surface area (Å²) < 4.78 is 5.39. The third-order valence-electron chi connectivity index (χ3n) is 5.69.